The molecule has 0 aliphatic heterocycles. The van der Waals surface area contributed by atoms with Crippen molar-refractivity contribution in [1.82, 2.24) is 15.5 Å². The fraction of sp³-hybridized carbons (Fsp3) is 0.419. The fourth-order valence-corrected chi connectivity index (χ4v) is 4.13. The monoisotopic (exact) mass is 567 g/mol. The zero-order valence-corrected chi connectivity index (χ0v) is 24.8. The van der Waals surface area contributed by atoms with E-state index in [2.05, 4.69) is 21.9 Å². The maximum absolute atomic E-state index is 14.4. The number of methoxy groups -OCH3 is 1. The Morgan fingerprint density at radius 3 is 2.20 bits per heavy atom. The lowest BCUT2D eigenvalue weighted by Gasteiger charge is -2.43. The zero-order valence-electron chi connectivity index (χ0n) is 24.8. The van der Waals surface area contributed by atoms with Crippen molar-refractivity contribution in [1.29, 1.82) is 0 Å². The van der Waals surface area contributed by atoms with Gasteiger partial charge in [-0.2, -0.15) is 0 Å². The van der Waals surface area contributed by atoms with Gasteiger partial charge in [-0.15, -0.1) is 0 Å². The number of phenolic OH excluding ortho intramolecular Hbond substituents is 1. The number of carbonyl (C=O) groups excluding carboxylic acids is 4. The summed E-state index contributed by atoms with van der Waals surface area (Å²) in [6.45, 7) is 13.8. The van der Waals surface area contributed by atoms with E-state index in [4.69, 9.17) is 4.74 Å². The molecule has 0 bridgehead atoms. The summed E-state index contributed by atoms with van der Waals surface area (Å²) in [6, 6.07) is 10.9. The van der Waals surface area contributed by atoms with Gasteiger partial charge in [0.15, 0.2) is 0 Å². The molecule has 0 saturated heterocycles. The number of benzene rings is 2. The van der Waals surface area contributed by atoms with Crippen LogP contribution in [0.2, 0.25) is 0 Å². The molecule has 0 heterocycles. The van der Waals surface area contributed by atoms with Crippen LogP contribution < -0.4 is 10.6 Å². The summed E-state index contributed by atoms with van der Waals surface area (Å²) in [5.41, 5.74) is 0.112. The van der Waals surface area contributed by atoms with E-state index in [0.717, 1.165) is 5.56 Å². The lowest BCUT2D eigenvalue weighted by atomic mass is 9.93. The van der Waals surface area contributed by atoms with E-state index < -0.39 is 53.6 Å². The number of rotatable bonds is 10. The van der Waals surface area contributed by atoms with Crippen molar-refractivity contribution in [2.24, 2.45) is 0 Å². The summed E-state index contributed by atoms with van der Waals surface area (Å²) in [7, 11) is 1.21. The van der Waals surface area contributed by atoms with Crippen molar-refractivity contribution in [3.8, 4) is 5.75 Å². The molecule has 0 saturated carbocycles. The van der Waals surface area contributed by atoms with Gasteiger partial charge in [-0.3, -0.25) is 14.4 Å². The Morgan fingerprint density at radius 1 is 1.02 bits per heavy atom. The van der Waals surface area contributed by atoms with E-state index in [1.54, 1.807) is 84.0 Å². The first-order chi connectivity index (χ1) is 19.1. The van der Waals surface area contributed by atoms with Gasteiger partial charge in [0.1, 0.15) is 30.0 Å². The molecule has 2 rings (SSSR count). The summed E-state index contributed by atoms with van der Waals surface area (Å²) in [5, 5.41) is 15.0. The zero-order chi connectivity index (χ0) is 31.0. The molecule has 0 spiro atoms. The Bertz CT molecular complexity index is 1240. The number of ether oxygens (including phenoxy) is 2. The Balaban J connectivity index is 2.64. The number of aromatic hydroxyl groups is 1. The van der Waals surface area contributed by atoms with Gasteiger partial charge in [0, 0.05) is 12.0 Å². The minimum Gasteiger partial charge on any atom is -0.508 e. The van der Waals surface area contributed by atoms with Gasteiger partial charge in [0.2, 0.25) is 11.8 Å². The van der Waals surface area contributed by atoms with Gasteiger partial charge >= 0.3 is 12.1 Å². The molecule has 0 radical (unpaired) electrons. The molecular weight excluding hydrogens is 526 g/mol. The number of amides is 3. The van der Waals surface area contributed by atoms with Crippen molar-refractivity contribution in [3.05, 3.63) is 71.8 Å². The highest BCUT2D eigenvalue weighted by molar-refractivity contribution is 5.94. The quantitative estimate of drug-likeness (QED) is 0.368. The van der Waals surface area contributed by atoms with Crippen molar-refractivity contribution in [2.45, 2.75) is 71.2 Å². The Labute approximate surface area is 241 Å². The number of phenols is 1. The van der Waals surface area contributed by atoms with E-state index in [1.807, 2.05) is 0 Å². The number of hydrogen-bond donors (Lipinski definition) is 3. The van der Waals surface area contributed by atoms with Crippen LogP contribution >= 0.6 is 0 Å². The van der Waals surface area contributed by atoms with Crippen LogP contribution in [-0.4, -0.2) is 64.7 Å². The Morgan fingerprint density at radius 2 is 1.66 bits per heavy atom. The van der Waals surface area contributed by atoms with Crippen LogP contribution in [0.5, 0.6) is 5.75 Å². The Kier molecular flexibility index (Phi) is 11.1. The molecule has 0 fully saturated rings. The van der Waals surface area contributed by atoms with Crippen LogP contribution in [0, 0.1) is 0 Å². The van der Waals surface area contributed by atoms with Gasteiger partial charge in [-0.1, -0.05) is 43.0 Å². The third-order valence-corrected chi connectivity index (χ3v) is 5.93. The lowest BCUT2D eigenvalue weighted by molar-refractivity contribution is -0.149. The average molecular weight is 568 g/mol. The van der Waals surface area contributed by atoms with Crippen LogP contribution in [0.3, 0.4) is 0 Å². The maximum atomic E-state index is 14.4. The van der Waals surface area contributed by atoms with E-state index in [1.165, 1.54) is 24.1 Å². The third kappa shape index (κ3) is 9.97. The molecule has 10 nitrogen and oxygen atoms in total. The number of nitrogens with one attached hydrogen (secondary N) is 2. The smallest absolute Gasteiger partial charge is 0.408 e. The number of hydrogen-bond acceptors (Lipinski definition) is 7. The molecule has 0 aromatic heterocycles. The van der Waals surface area contributed by atoms with Crippen LogP contribution in [0.25, 0.3) is 6.08 Å². The molecule has 2 aromatic carbocycles. The predicted octanol–water partition coefficient (Wildman–Crippen LogP) is 4.13. The summed E-state index contributed by atoms with van der Waals surface area (Å²) >= 11 is 0. The summed E-state index contributed by atoms with van der Waals surface area (Å²) < 4.78 is 10.1. The second-order valence-corrected chi connectivity index (χ2v) is 11.5. The molecule has 2 unspecified atom stereocenters. The molecule has 0 aliphatic rings. The molecule has 222 valence electrons. The third-order valence-electron chi connectivity index (χ3n) is 5.93. The average Bonchev–Trinajstić information content (AvgIpc) is 2.88. The molecule has 2 aromatic rings. The molecular formula is C31H41N3O7. The van der Waals surface area contributed by atoms with Gasteiger partial charge in [-0.05, 0) is 76.4 Å². The first-order valence-corrected chi connectivity index (χ1v) is 13.2. The molecule has 3 N–H and O–H groups in total. The van der Waals surface area contributed by atoms with Crippen molar-refractivity contribution >= 4 is 30.0 Å². The lowest BCUT2D eigenvalue weighted by Crippen LogP contribution is -2.59. The van der Waals surface area contributed by atoms with E-state index in [-0.39, 0.29) is 12.2 Å². The normalized spacial score (nSPS) is 12.9. The number of esters is 1. The fourth-order valence-electron chi connectivity index (χ4n) is 4.13. The van der Waals surface area contributed by atoms with Crippen LogP contribution in [-0.2, 0) is 30.3 Å². The predicted molar refractivity (Wildman–Crippen MR) is 156 cm³/mol. The minimum atomic E-state index is -1.19. The van der Waals surface area contributed by atoms with E-state index in [0.29, 0.717) is 11.1 Å². The van der Waals surface area contributed by atoms with Crippen LogP contribution in [0.1, 0.15) is 64.3 Å². The highest BCUT2D eigenvalue weighted by atomic mass is 16.6. The maximum Gasteiger partial charge on any atom is 0.408 e. The number of nitrogens with zero attached hydrogens (tertiary/aromatic N) is 1. The molecule has 10 heteroatoms. The van der Waals surface area contributed by atoms with Crippen molar-refractivity contribution < 1.29 is 33.8 Å². The van der Waals surface area contributed by atoms with Gasteiger partial charge in [0.25, 0.3) is 0 Å². The summed E-state index contributed by atoms with van der Waals surface area (Å²) in [6.07, 6.45) is 0.867. The van der Waals surface area contributed by atoms with Crippen molar-refractivity contribution in [2.75, 3.05) is 13.7 Å². The highest BCUT2D eigenvalue weighted by Crippen LogP contribution is 2.31. The largest absolute Gasteiger partial charge is 0.508 e. The first-order valence-electron chi connectivity index (χ1n) is 13.2. The topological polar surface area (TPSA) is 134 Å². The molecule has 41 heavy (non-hydrogen) atoms. The SMILES string of the molecule is C=Cc1cccc(C(C(=O)NCC(=O)OC)N(C(=O)C(Cc2ccc(O)cc2)NC(=O)OC(C)(C)C)C(C)(C)C)c1. The summed E-state index contributed by atoms with van der Waals surface area (Å²) in [4.78, 5) is 54.3. The minimum absolute atomic E-state index is 0.0497. The van der Waals surface area contributed by atoms with Gasteiger partial charge in [0.05, 0.1) is 7.11 Å². The second-order valence-electron chi connectivity index (χ2n) is 11.5. The molecule has 3 amide bonds. The van der Waals surface area contributed by atoms with Crippen molar-refractivity contribution in [3.63, 3.8) is 0 Å². The van der Waals surface area contributed by atoms with Gasteiger partial charge < -0.3 is 30.1 Å². The standard InChI is InChI=1S/C31H41N3O7/c1-9-20-11-10-12-22(17-20)26(27(37)32-19-25(36)40-8)34(30(2,3)4)28(38)24(33-29(39)41-31(5,6)7)18-21-13-15-23(35)16-14-21/h9-17,24,26,35H,1,18-19H2,2-8H3,(H,32,37)(H,33,39). The molecule has 0 aliphatic carbocycles. The first kappa shape index (κ1) is 32.9. The van der Waals surface area contributed by atoms with E-state index >= 15 is 0 Å². The van der Waals surface area contributed by atoms with Gasteiger partial charge in [-0.25, -0.2) is 4.79 Å². The van der Waals surface area contributed by atoms with E-state index in [9.17, 15) is 24.3 Å². The van der Waals surface area contributed by atoms with Crippen LogP contribution in [0.15, 0.2) is 55.1 Å². The molecule has 2 atom stereocenters. The second kappa shape index (κ2) is 13.8. The summed E-state index contributed by atoms with van der Waals surface area (Å²) in [5.74, 6) is -1.76. The van der Waals surface area contributed by atoms with Crippen LogP contribution in [0.4, 0.5) is 4.79 Å². The highest BCUT2D eigenvalue weighted by Gasteiger charge is 2.42. The number of alkyl carbamates (subject to hydrolysis) is 1. The number of carbonyl (C=O) groups is 4. The Hall–Kier alpha value is -4.34.